The Bertz CT molecular complexity index is 1370. The molecule has 1 saturated heterocycles. The van der Waals surface area contributed by atoms with Crippen molar-refractivity contribution in [1.29, 1.82) is 5.41 Å². The molecule has 2 aliphatic rings. The van der Waals surface area contributed by atoms with Gasteiger partial charge >= 0.3 is 0 Å². The Labute approximate surface area is 235 Å². The molecule has 0 unspecified atom stereocenters. The lowest BCUT2D eigenvalue weighted by Gasteiger charge is -2.34. The molecular weight excluding hydrogens is 506 g/mol. The van der Waals surface area contributed by atoms with E-state index < -0.39 is 0 Å². The van der Waals surface area contributed by atoms with Crippen LogP contribution in [0.25, 0.3) is 5.57 Å². The summed E-state index contributed by atoms with van der Waals surface area (Å²) in [5, 5.41) is 14.2. The summed E-state index contributed by atoms with van der Waals surface area (Å²) in [6, 6.07) is 3.62. The largest absolute Gasteiger partial charge is 0.367 e. The fourth-order valence-corrected chi connectivity index (χ4v) is 5.42. The highest BCUT2D eigenvalue weighted by atomic mass is 16.2. The van der Waals surface area contributed by atoms with Crippen LogP contribution in [-0.2, 0) is 11.3 Å². The maximum atomic E-state index is 13.4. The number of nitrogens with zero attached hydrogens (tertiary/aromatic N) is 3. The van der Waals surface area contributed by atoms with E-state index in [0.29, 0.717) is 47.7 Å². The molecule has 2 aromatic heterocycles. The second kappa shape index (κ2) is 12.6. The smallest absolute Gasteiger partial charge is 0.253 e. The van der Waals surface area contributed by atoms with Crippen LogP contribution < -0.4 is 16.2 Å². The predicted molar refractivity (Wildman–Crippen MR) is 158 cm³/mol. The van der Waals surface area contributed by atoms with Crippen molar-refractivity contribution in [3.8, 4) is 0 Å². The zero-order valence-electron chi connectivity index (χ0n) is 24.2. The summed E-state index contributed by atoms with van der Waals surface area (Å²) in [6.45, 7) is 10.7. The summed E-state index contributed by atoms with van der Waals surface area (Å²) in [6.07, 6.45) is 5.59. The zero-order valence-corrected chi connectivity index (χ0v) is 24.2. The number of likely N-dealkylation sites (tertiary alicyclic amines) is 1. The number of hydrogen-bond donors (Lipinski definition) is 4. The topological polar surface area (TPSA) is 134 Å². The van der Waals surface area contributed by atoms with Gasteiger partial charge in [0.2, 0.25) is 5.91 Å². The maximum absolute atomic E-state index is 13.4. The Morgan fingerprint density at radius 1 is 1.20 bits per heavy atom. The van der Waals surface area contributed by atoms with Crippen LogP contribution in [0, 0.1) is 25.2 Å². The van der Waals surface area contributed by atoms with E-state index in [1.807, 2.05) is 44.7 Å². The van der Waals surface area contributed by atoms with E-state index >= 15 is 0 Å². The van der Waals surface area contributed by atoms with Crippen LogP contribution in [0.15, 0.2) is 23.0 Å². The van der Waals surface area contributed by atoms with Crippen molar-refractivity contribution in [2.45, 2.75) is 59.5 Å². The van der Waals surface area contributed by atoms with Crippen LogP contribution in [0.3, 0.4) is 0 Å². The Morgan fingerprint density at radius 3 is 2.52 bits per heavy atom. The number of anilines is 1. The first-order chi connectivity index (χ1) is 19.1. The van der Waals surface area contributed by atoms with E-state index in [1.165, 1.54) is 0 Å². The average molecular weight is 548 g/mol. The van der Waals surface area contributed by atoms with Gasteiger partial charge in [0.05, 0.1) is 11.3 Å². The summed E-state index contributed by atoms with van der Waals surface area (Å²) in [7, 11) is 2.09. The number of aryl methyl sites for hydroxylation is 2. The molecule has 4 rings (SSSR count). The predicted octanol–water partition coefficient (Wildman–Crippen LogP) is 3.09. The Kier molecular flexibility index (Phi) is 9.19. The van der Waals surface area contributed by atoms with E-state index in [4.69, 9.17) is 10.4 Å². The fraction of sp³-hybridized carbons (Fsp3) is 0.500. The van der Waals surface area contributed by atoms with Gasteiger partial charge in [-0.2, -0.15) is 0 Å². The van der Waals surface area contributed by atoms with Gasteiger partial charge < -0.3 is 30.8 Å². The van der Waals surface area contributed by atoms with Crippen molar-refractivity contribution in [3.05, 3.63) is 62.2 Å². The molecule has 0 bridgehead atoms. The van der Waals surface area contributed by atoms with Gasteiger partial charge in [-0.05, 0) is 90.4 Å². The zero-order chi connectivity index (χ0) is 29.0. The van der Waals surface area contributed by atoms with Gasteiger partial charge in [0.15, 0.2) is 0 Å². The fourth-order valence-electron chi connectivity index (χ4n) is 5.42. The molecule has 4 N–H and O–H groups in total. The first-order valence-corrected chi connectivity index (χ1v) is 14.0. The SMILES string of the molecule is Cc1cc(C)c(CNC(=O)c2cc(C3=CCN(C(=O)C4CCN(C)CC4)CC3)nc(NC(C)C)c2C=N)c(=O)[nH]1. The standard InChI is InChI=1S/C30H41N7O3/c1-18(2)33-27-24(16-31)23(28(38)32-17-25-19(3)14-20(4)34-29(25)39)15-26(35-27)21-8-12-37(13-9-21)30(40)22-6-10-36(5)11-7-22/h8,14-16,18,22,31H,6-7,9-13,17H2,1-5H3,(H,32,38)(H,33,35)(H,34,39). The maximum Gasteiger partial charge on any atom is 0.253 e. The number of piperidine rings is 1. The quantitative estimate of drug-likeness (QED) is 0.375. The molecule has 40 heavy (non-hydrogen) atoms. The van der Waals surface area contributed by atoms with Gasteiger partial charge in [-0.25, -0.2) is 4.98 Å². The number of nitrogens with one attached hydrogen (secondary N) is 4. The Hall–Kier alpha value is -3.79. The minimum Gasteiger partial charge on any atom is -0.367 e. The molecule has 2 aliphatic heterocycles. The van der Waals surface area contributed by atoms with Crippen LogP contribution in [0.2, 0.25) is 0 Å². The molecule has 0 saturated carbocycles. The number of H-pyrrole nitrogens is 1. The molecule has 2 aromatic rings. The number of carbonyl (C=O) groups excluding carboxylic acids is 2. The highest BCUT2D eigenvalue weighted by molar-refractivity contribution is 6.05. The van der Waals surface area contributed by atoms with Crippen molar-refractivity contribution >= 4 is 29.4 Å². The highest BCUT2D eigenvalue weighted by Gasteiger charge is 2.29. The van der Waals surface area contributed by atoms with Crippen molar-refractivity contribution in [3.63, 3.8) is 0 Å². The van der Waals surface area contributed by atoms with Gasteiger partial charge in [-0.1, -0.05) is 6.08 Å². The van der Waals surface area contributed by atoms with E-state index in [-0.39, 0.29) is 35.9 Å². The van der Waals surface area contributed by atoms with E-state index in [9.17, 15) is 14.4 Å². The summed E-state index contributed by atoms with van der Waals surface area (Å²) < 4.78 is 0. The van der Waals surface area contributed by atoms with Crippen LogP contribution in [-0.4, -0.2) is 77.1 Å². The normalized spacial score (nSPS) is 16.6. The molecular formula is C30H41N7O3. The van der Waals surface area contributed by atoms with Crippen LogP contribution in [0.4, 0.5) is 5.82 Å². The molecule has 0 aromatic carbocycles. The number of rotatable bonds is 8. The summed E-state index contributed by atoms with van der Waals surface area (Å²) >= 11 is 0. The molecule has 0 aliphatic carbocycles. The van der Waals surface area contributed by atoms with Gasteiger partial charge in [0.25, 0.3) is 11.5 Å². The molecule has 0 radical (unpaired) electrons. The summed E-state index contributed by atoms with van der Waals surface area (Å²) in [4.78, 5) is 50.8. The van der Waals surface area contributed by atoms with Gasteiger partial charge in [0.1, 0.15) is 5.82 Å². The molecule has 214 valence electrons. The van der Waals surface area contributed by atoms with E-state index in [2.05, 4.69) is 27.6 Å². The third kappa shape index (κ3) is 6.67. The third-order valence-electron chi connectivity index (χ3n) is 7.71. The first-order valence-electron chi connectivity index (χ1n) is 14.0. The number of carbonyl (C=O) groups is 2. The molecule has 0 atom stereocenters. The van der Waals surface area contributed by atoms with Crippen molar-refractivity contribution < 1.29 is 9.59 Å². The van der Waals surface area contributed by atoms with Crippen molar-refractivity contribution in [1.82, 2.24) is 25.1 Å². The van der Waals surface area contributed by atoms with E-state index in [1.54, 1.807) is 6.07 Å². The number of aromatic amines is 1. The Balaban J connectivity index is 1.58. The second-order valence-electron chi connectivity index (χ2n) is 11.2. The van der Waals surface area contributed by atoms with Crippen molar-refractivity contribution in [2.75, 3.05) is 38.5 Å². The van der Waals surface area contributed by atoms with E-state index in [0.717, 1.165) is 49.0 Å². The molecule has 10 nitrogen and oxygen atoms in total. The minimum absolute atomic E-state index is 0.0362. The van der Waals surface area contributed by atoms with Crippen LogP contribution in [0.1, 0.15) is 71.5 Å². The van der Waals surface area contributed by atoms with Gasteiger partial charge in [0, 0.05) is 54.6 Å². The number of amides is 2. The highest BCUT2D eigenvalue weighted by Crippen LogP contribution is 2.28. The first kappa shape index (κ1) is 29.2. The number of hydrogen-bond acceptors (Lipinski definition) is 7. The average Bonchev–Trinajstić information content (AvgIpc) is 2.91. The monoisotopic (exact) mass is 547 g/mol. The lowest BCUT2D eigenvalue weighted by molar-refractivity contribution is -0.136. The molecule has 1 fully saturated rings. The molecule has 10 heteroatoms. The third-order valence-corrected chi connectivity index (χ3v) is 7.71. The Morgan fingerprint density at radius 2 is 1.93 bits per heavy atom. The summed E-state index contributed by atoms with van der Waals surface area (Å²) in [5.74, 6) is 0.378. The number of aromatic nitrogens is 2. The van der Waals surface area contributed by atoms with Crippen molar-refractivity contribution in [2.24, 2.45) is 5.92 Å². The molecule has 4 heterocycles. The van der Waals surface area contributed by atoms with Crippen LogP contribution >= 0.6 is 0 Å². The molecule has 2 amide bonds. The minimum atomic E-state index is -0.385. The lowest BCUT2D eigenvalue weighted by atomic mass is 9.94. The summed E-state index contributed by atoms with van der Waals surface area (Å²) in [5.41, 5.74) is 4.15. The number of pyridine rings is 2. The van der Waals surface area contributed by atoms with Gasteiger partial charge in [-0.15, -0.1) is 0 Å². The van der Waals surface area contributed by atoms with Gasteiger partial charge in [-0.3, -0.25) is 14.4 Å². The molecule has 0 spiro atoms. The lowest BCUT2D eigenvalue weighted by Crippen LogP contribution is -2.43. The second-order valence-corrected chi connectivity index (χ2v) is 11.2. The van der Waals surface area contributed by atoms with Crippen LogP contribution in [0.5, 0.6) is 0 Å².